The Morgan fingerprint density at radius 1 is 0.730 bits per heavy atom. The molecule has 0 radical (unpaired) electrons. The molecule has 3 rings (SSSR count). The molecular weight excluding hydrogens is 506 g/mol. The molecule has 37 heavy (non-hydrogen) atoms. The van der Waals surface area contributed by atoms with Gasteiger partial charge in [0.2, 0.25) is 5.91 Å². The predicted molar refractivity (Wildman–Crippen MR) is 116 cm³/mol. The molecule has 16 heteroatoms. The maximum Gasteiger partial charge on any atom is 0.217 e. The molecule has 3 aliphatic rings. The first-order valence-electron chi connectivity index (χ1n) is 11.8. The lowest BCUT2D eigenvalue weighted by molar-refractivity contribution is -0.362. The maximum atomic E-state index is 12.0. The van der Waals surface area contributed by atoms with Gasteiger partial charge in [-0.1, -0.05) is 0 Å². The summed E-state index contributed by atoms with van der Waals surface area (Å²) in [5, 5.41) is 84.0. The summed E-state index contributed by atoms with van der Waals surface area (Å²) in [7, 11) is 1.28. The molecule has 0 aromatic carbocycles. The Balaban J connectivity index is 1.88. The Bertz CT molecular complexity index is 745. The summed E-state index contributed by atoms with van der Waals surface area (Å²) >= 11 is 0. The number of aliphatic hydroxyl groups is 8. The minimum atomic E-state index is -1.83. The van der Waals surface area contributed by atoms with Crippen molar-refractivity contribution in [1.29, 1.82) is 0 Å². The number of aliphatic hydroxyl groups excluding tert-OH is 8. The summed E-state index contributed by atoms with van der Waals surface area (Å²) < 4.78 is 33.1. The van der Waals surface area contributed by atoms with Gasteiger partial charge in [0.15, 0.2) is 18.9 Å². The highest BCUT2D eigenvalue weighted by atomic mass is 16.7. The monoisotopic (exact) mass is 543 g/mol. The largest absolute Gasteiger partial charge is 0.394 e. The van der Waals surface area contributed by atoms with Gasteiger partial charge in [-0.15, -0.1) is 0 Å². The number of rotatable bonds is 8. The molecule has 0 bridgehead atoms. The molecule has 3 saturated heterocycles. The highest BCUT2D eigenvalue weighted by molar-refractivity contribution is 5.73. The second-order valence-corrected chi connectivity index (χ2v) is 9.27. The van der Waals surface area contributed by atoms with E-state index in [2.05, 4.69) is 5.32 Å². The Morgan fingerprint density at radius 3 is 1.84 bits per heavy atom. The van der Waals surface area contributed by atoms with Crippen LogP contribution in [0, 0.1) is 0 Å². The zero-order chi connectivity index (χ0) is 27.6. The van der Waals surface area contributed by atoms with Crippen molar-refractivity contribution in [3.63, 3.8) is 0 Å². The molecule has 0 spiro atoms. The van der Waals surface area contributed by atoms with Crippen LogP contribution in [0.4, 0.5) is 0 Å². The number of carbonyl (C=O) groups excluding carboxylic acids is 1. The summed E-state index contributed by atoms with van der Waals surface area (Å²) in [6, 6.07) is -1.35. The van der Waals surface area contributed by atoms with E-state index in [0.717, 1.165) is 6.92 Å². The van der Waals surface area contributed by atoms with Gasteiger partial charge in [0, 0.05) is 14.0 Å². The molecule has 216 valence electrons. The van der Waals surface area contributed by atoms with Crippen LogP contribution in [0.5, 0.6) is 0 Å². The Labute approximate surface area is 212 Å². The topological polar surface area (TPSA) is 246 Å². The number of hydrogen-bond acceptors (Lipinski definition) is 15. The SMILES string of the molecule is COC1OC(C)C(OC2OC(CO)C(O)C(OC3OC(CO)C(O)C(O)C3O)C2NC(C)=O)C(O)C1O. The van der Waals surface area contributed by atoms with E-state index in [-0.39, 0.29) is 0 Å². The van der Waals surface area contributed by atoms with Crippen LogP contribution in [0.25, 0.3) is 0 Å². The van der Waals surface area contributed by atoms with Crippen molar-refractivity contribution in [2.24, 2.45) is 0 Å². The standard InChI is InChI=1S/C21H37NO15/c1-6-17(14(29)16(31)20(32-3)33-6)36-19-10(22-7(2)25)18(12(27)9(5-24)34-19)37-21-15(30)13(28)11(26)8(4-23)35-21/h6,8-21,23-24,26-31H,4-5H2,1-3H3,(H,22,25). The van der Waals surface area contributed by atoms with Crippen LogP contribution in [0.2, 0.25) is 0 Å². The van der Waals surface area contributed by atoms with Gasteiger partial charge in [0.25, 0.3) is 0 Å². The number of nitrogens with one attached hydrogen (secondary N) is 1. The lowest BCUT2D eigenvalue weighted by Crippen LogP contribution is -2.69. The van der Waals surface area contributed by atoms with Crippen LogP contribution in [0.3, 0.4) is 0 Å². The summed E-state index contributed by atoms with van der Waals surface area (Å²) in [6.07, 6.45) is -20.5. The summed E-state index contributed by atoms with van der Waals surface area (Å²) in [6.45, 7) is 1.21. The van der Waals surface area contributed by atoms with Crippen LogP contribution < -0.4 is 5.32 Å². The highest BCUT2D eigenvalue weighted by Gasteiger charge is 2.53. The molecule has 3 heterocycles. The van der Waals surface area contributed by atoms with Gasteiger partial charge < -0.3 is 74.6 Å². The Hall–Kier alpha value is -1.09. The van der Waals surface area contributed by atoms with E-state index in [1.165, 1.54) is 14.0 Å². The molecule has 9 N–H and O–H groups in total. The average Bonchev–Trinajstić information content (AvgIpc) is 2.86. The number of hydrogen-bond donors (Lipinski definition) is 9. The van der Waals surface area contributed by atoms with Gasteiger partial charge in [-0.2, -0.15) is 0 Å². The first kappa shape index (κ1) is 30.5. The van der Waals surface area contributed by atoms with Gasteiger partial charge in [0.05, 0.1) is 19.3 Å². The van der Waals surface area contributed by atoms with E-state index in [0.29, 0.717) is 0 Å². The zero-order valence-corrected chi connectivity index (χ0v) is 20.5. The van der Waals surface area contributed by atoms with Crippen molar-refractivity contribution in [2.75, 3.05) is 20.3 Å². The molecule has 3 aliphatic heterocycles. The second-order valence-electron chi connectivity index (χ2n) is 9.27. The van der Waals surface area contributed by atoms with Gasteiger partial charge >= 0.3 is 0 Å². The van der Waals surface area contributed by atoms with Gasteiger partial charge in [0.1, 0.15) is 67.1 Å². The lowest BCUT2D eigenvalue weighted by Gasteiger charge is -2.49. The van der Waals surface area contributed by atoms with Crippen molar-refractivity contribution in [3.8, 4) is 0 Å². The van der Waals surface area contributed by atoms with E-state index in [9.17, 15) is 45.6 Å². The molecule has 3 fully saturated rings. The fraction of sp³-hybridized carbons (Fsp3) is 0.952. The van der Waals surface area contributed by atoms with E-state index < -0.39 is 111 Å². The Morgan fingerprint density at radius 2 is 1.27 bits per heavy atom. The fourth-order valence-corrected chi connectivity index (χ4v) is 4.61. The van der Waals surface area contributed by atoms with Gasteiger partial charge in [-0.05, 0) is 6.92 Å². The van der Waals surface area contributed by atoms with Crippen LogP contribution in [-0.4, -0.2) is 159 Å². The average molecular weight is 544 g/mol. The van der Waals surface area contributed by atoms with Crippen LogP contribution in [0.15, 0.2) is 0 Å². The van der Waals surface area contributed by atoms with Crippen molar-refractivity contribution >= 4 is 5.91 Å². The smallest absolute Gasteiger partial charge is 0.217 e. The van der Waals surface area contributed by atoms with Crippen molar-refractivity contribution in [2.45, 2.75) is 106 Å². The van der Waals surface area contributed by atoms with E-state index in [1.807, 2.05) is 0 Å². The third-order valence-electron chi connectivity index (χ3n) is 6.66. The maximum absolute atomic E-state index is 12.0. The van der Waals surface area contributed by atoms with Gasteiger partial charge in [-0.25, -0.2) is 0 Å². The Kier molecular flexibility index (Phi) is 10.6. The van der Waals surface area contributed by atoms with Crippen molar-refractivity contribution < 1.29 is 74.1 Å². The quantitative estimate of drug-likeness (QED) is 0.138. The van der Waals surface area contributed by atoms with E-state index in [4.69, 9.17) is 28.4 Å². The number of amides is 1. The lowest BCUT2D eigenvalue weighted by atomic mass is 9.94. The number of carbonyl (C=O) groups is 1. The summed E-state index contributed by atoms with van der Waals surface area (Å²) in [4.78, 5) is 12.0. The normalized spacial score (nSPS) is 49.0. The first-order valence-corrected chi connectivity index (χ1v) is 11.8. The molecule has 0 aliphatic carbocycles. The molecule has 15 unspecified atom stereocenters. The van der Waals surface area contributed by atoms with E-state index >= 15 is 0 Å². The number of methoxy groups -OCH3 is 1. The van der Waals surface area contributed by atoms with Gasteiger partial charge in [-0.3, -0.25) is 4.79 Å². The van der Waals surface area contributed by atoms with Crippen molar-refractivity contribution in [1.82, 2.24) is 5.32 Å². The summed E-state index contributed by atoms with van der Waals surface area (Å²) in [5.74, 6) is -0.618. The van der Waals surface area contributed by atoms with Crippen LogP contribution in [-0.2, 0) is 33.2 Å². The van der Waals surface area contributed by atoms with Crippen LogP contribution in [0.1, 0.15) is 13.8 Å². The minimum absolute atomic E-state index is 0.618. The molecule has 0 aromatic rings. The molecule has 15 atom stereocenters. The first-order chi connectivity index (χ1) is 17.4. The van der Waals surface area contributed by atoms with Crippen molar-refractivity contribution in [3.05, 3.63) is 0 Å². The third kappa shape index (κ3) is 6.39. The molecular formula is C21H37NO15. The third-order valence-corrected chi connectivity index (χ3v) is 6.66. The summed E-state index contributed by atoms with van der Waals surface area (Å²) in [5.41, 5.74) is 0. The second kappa shape index (κ2) is 12.8. The minimum Gasteiger partial charge on any atom is -0.394 e. The molecule has 0 saturated carbocycles. The van der Waals surface area contributed by atoms with Crippen LogP contribution >= 0.6 is 0 Å². The molecule has 1 amide bonds. The zero-order valence-electron chi connectivity index (χ0n) is 20.5. The van der Waals surface area contributed by atoms with E-state index in [1.54, 1.807) is 0 Å². The fourth-order valence-electron chi connectivity index (χ4n) is 4.61. The molecule has 16 nitrogen and oxygen atoms in total. The predicted octanol–water partition coefficient (Wildman–Crippen LogP) is -5.75. The number of ether oxygens (including phenoxy) is 6. The highest BCUT2D eigenvalue weighted by Crippen LogP contribution is 2.32. The molecule has 0 aromatic heterocycles.